The molecule has 5 N–H and O–H groups in total. The fourth-order valence-corrected chi connectivity index (χ4v) is 2.76. The molecule has 19 heavy (non-hydrogen) atoms. The van der Waals surface area contributed by atoms with Crippen LogP contribution in [0.15, 0.2) is 0 Å². The summed E-state index contributed by atoms with van der Waals surface area (Å²) in [5.41, 5.74) is 0. The molecule has 4 atom stereocenters. The molecule has 0 saturated heterocycles. The second-order valence-corrected chi connectivity index (χ2v) is 5.89. The van der Waals surface area contributed by atoms with Gasteiger partial charge in [0.15, 0.2) is 0 Å². The van der Waals surface area contributed by atoms with E-state index in [1.165, 1.54) is 0 Å². The number of ether oxygens (including phenoxy) is 1. The van der Waals surface area contributed by atoms with Gasteiger partial charge in [0.2, 0.25) is 0 Å². The molecule has 0 saturated carbocycles. The Morgan fingerprint density at radius 1 is 1.21 bits per heavy atom. The van der Waals surface area contributed by atoms with Crippen LogP contribution in [0.1, 0.15) is 13.3 Å². The van der Waals surface area contributed by atoms with Gasteiger partial charge in [-0.2, -0.15) is 0 Å². The van der Waals surface area contributed by atoms with Crippen LogP contribution in [0, 0.1) is 0 Å². The summed E-state index contributed by atoms with van der Waals surface area (Å²) >= 11 is 0. The van der Waals surface area contributed by atoms with Crippen LogP contribution in [-0.4, -0.2) is 76.2 Å². The van der Waals surface area contributed by atoms with E-state index in [2.05, 4.69) is 0 Å². The summed E-state index contributed by atoms with van der Waals surface area (Å²) in [7, 11) is -4.17. The first kappa shape index (κ1) is 18.9. The van der Waals surface area contributed by atoms with Crippen LogP contribution in [0.25, 0.3) is 0 Å². The maximum absolute atomic E-state index is 11.7. The Hall–Kier alpha value is -0.0500. The molecule has 0 aromatic rings. The lowest BCUT2D eigenvalue weighted by atomic mass is 10.1. The molecule has 4 unspecified atom stereocenters. The highest BCUT2D eigenvalue weighted by molar-refractivity contribution is 7.52. The fraction of sp³-hybridized carbons (Fsp3) is 1.00. The molecule has 0 radical (unpaired) electrons. The lowest BCUT2D eigenvalue weighted by Crippen LogP contribution is -2.33. The van der Waals surface area contributed by atoms with Gasteiger partial charge >= 0.3 is 7.60 Å². The minimum absolute atomic E-state index is 0.120. The molecule has 0 fully saturated rings. The minimum Gasteiger partial charge on any atom is -0.394 e. The van der Waals surface area contributed by atoms with Crippen LogP contribution < -0.4 is 0 Å². The van der Waals surface area contributed by atoms with E-state index in [1.807, 2.05) is 0 Å². The van der Waals surface area contributed by atoms with E-state index >= 15 is 0 Å². The number of aliphatic hydroxyl groups is 4. The Bertz CT molecular complexity index is 274. The van der Waals surface area contributed by atoms with Crippen LogP contribution >= 0.6 is 7.60 Å². The zero-order chi connectivity index (χ0) is 14.9. The second kappa shape index (κ2) is 9.79. The average Bonchev–Trinajstić information content (AvgIpc) is 2.36. The highest BCUT2D eigenvalue weighted by Gasteiger charge is 2.31. The van der Waals surface area contributed by atoms with Gasteiger partial charge in [-0.3, -0.25) is 4.57 Å². The quantitative estimate of drug-likeness (QED) is 0.234. The molecule has 0 aromatic heterocycles. The van der Waals surface area contributed by atoms with Gasteiger partial charge in [0.05, 0.1) is 31.6 Å². The van der Waals surface area contributed by atoms with Crippen molar-refractivity contribution in [2.24, 2.45) is 0 Å². The van der Waals surface area contributed by atoms with Gasteiger partial charge in [0.1, 0.15) is 6.10 Å². The van der Waals surface area contributed by atoms with Crippen molar-refractivity contribution in [2.45, 2.75) is 31.7 Å². The van der Waals surface area contributed by atoms with Gasteiger partial charge < -0.3 is 34.6 Å². The maximum Gasteiger partial charge on any atom is 0.331 e. The predicted octanol–water partition coefficient (Wildman–Crippen LogP) is -1.31. The lowest BCUT2D eigenvalue weighted by Gasteiger charge is -2.25. The third-order valence-corrected chi connectivity index (χ3v) is 3.80. The first-order valence-electron chi connectivity index (χ1n) is 6.02. The molecule has 0 spiro atoms. The maximum atomic E-state index is 11.7. The van der Waals surface area contributed by atoms with Crippen molar-refractivity contribution in [3.05, 3.63) is 0 Å². The lowest BCUT2D eigenvalue weighted by molar-refractivity contribution is -0.0218. The molecule has 0 aliphatic rings. The molecule has 0 aromatic carbocycles. The van der Waals surface area contributed by atoms with Crippen molar-refractivity contribution in [3.8, 4) is 0 Å². The van der Waals surface area contributed by atoms with E-state index < -0.39 is 45.3 Å². The Morgan fingerprint density at radius 2 is 1.84 bits per heavy atom. The average molecular weight is 302 g/mol. The number of hydrogen-bond donors (Lipinski definition) is 5. The Labute approximate surface area is 112 Å². The molecular weight excluding hydrogens is 279 g/mol. The van der Waals surface area contributed by atoms with Gasteiger partial charge in [-0.1, -0.05) is 0 Å². The van der Waals surface area contributed by atoms with Crippen LogP contribution in [0.2, 0.25) is 0 Å². The molecule has 9 heteroatoms. The van der Waals surface area contributed by atoms with E-state index in [4.69, 9.17) is 24.6 Å². The van der Waals surface area contributed by atoms with Gasteiger partial charge in [0.25, 0.3) is 0 Å². The summed E-state index contributed by atoms with van der Waals surface area (Å²) < 4.78 is 21.6. The molecule has 116 valence electrons. The summed E-state index contributed by atoms with van der Waals surface area (Å²) in [6.07, 6.45) is -4.32. The SMILES string of the molecule is CCOCCC(OP(=O)(O)CC(O)CO)C(O)CO. The molecule has 0 aliphatic heterocycles. The van der Waals surface area contributed by atoms with Gasteiger partial charge in [0, 0.05) is 19.6 Å². The van der Waals surface area contributed by atoms with Crippen molar-refractivity contribution in [3.63, 3.8) is 0 Å². The Balaban J connectivity index is 4.47. The van der Waals surface area contributed by atoms with E-state index in [-0.39, 0.29) is 13.0 Å². The molecule has 0 heterocycles. The van der Waals surface area contributed by atoms with E-state index in [9.17, 15) is 14.6 Å². The van der Waals surface area contributed by atoms with E-state index in [1.54, 1.807) is 6.92 Å². The third kappa shape index (κ3) is 8.67. The number of rotatable bonds is 11. The Morgan fingerprint density at radius 3 is 2.32 bits per heavy atom. The summed E-state index contributed by atoms with van der Waals surface area (Å²) in [4.78, 5) is 9.52. The molecule has 0 rings (SSSR count). The highest BCUT2D eigenvalue weighted by atomic mass is 31.2. The zero-order valence-electron chi connectivity index (χ0n) is 10.9. The topological polar surface area (TPSA) is 137 Å². The monoisotopic (exact) mass is 302 g/mol. The standard InChI is InChI=1S/C10H23O8P/c1-2-17-4-3-10(9(14)6-12)18-19(15,16)7-8(13)5-11/h8-14H,2-7H2,1H3,(H,15,16). The van der Waals surface area contributed by atoms with Crippen molar-refractivity contribution in [2.75, 3.05) is 32.6 Å². The summed E-state index contributed by atoms with van der Waals surface area (Å²) in [6.45, 7) is 1.12. The summed E-state index contributed by atoms with van der Waals surface area (Å²) in [5.74, 6) is 0. The first-order valence-corrected chi connectivity index (χ1v) is 7.78. The van der Waals surface area contributed by atoms with Crippen molar-refractivity contribution >= 4 is 7.60 Å². The zero-order valence-corrected chi connectivity index (χ0v) is 11.8. The van der Waals surface area contributed by atoms with Gasteiger partial charge in [-0.25, -0.2) is 0 Å². The largest absolute Gasteiger partial charge is 0.394 e. The van der Waals surface area contributed by atoms with Gasteiger partial charge in [-0.15, -0.1) is 0 Å². The number of hydrogen-bond acceptors (Lipinski definition) is 7. The fourth-order valence-electron chi connectivity index (χ4n) is 1.36. The Kier molecular flexibility index (Phi) is 9.77. The first-order chi connectivity index (χ1) is 8.86. The summed E-state index contributed by atoms with van der Waals surface area (Å²) in [5, 5.41) is 36.1. The minimum atomic E-state index is -4.17. The predicted molar refractivity (Wildman–Crippen MR) is 66.9 cm³/mol. The second-order valence-electron chi connectivity index (χ2n) is 4.04. The third-order valence-electron chi connectivity index (χ3n) is 2.32. The summed E-state index contributed by atoms with van der Waals surface area (Å²) in [6, 6.07) is 0. The van der Waals surface area contributed by atoms with E-state index in [0.29, 0.717) is 6.61 Å². The van der Waals surface area contributed by atoms with Crippen LogP contribution in [0.5, 0.6) is 0 Å². The molecule has 0 amide bonds. The van der Waals surface area contributed by atoms with Crippen molar-refractivity contribution in [1.82, 2.24) is 0 Å². The highest BCUT2D eigenvalue weighted by Crippen LogP contribution is 2.44. The number of aliphatic hydroxyl groups excluding tert-OH is 4. The molecule has 0 bridgehead atoms. The van der Waals surface area contributed by atoms with Crippen LogP contribution in [0.3, 0.4) is 0 Å². The van der Waals surface area contributed by atoms with Crippen LogP contribution in [-0.2, 0) is 13.8 Å². The van der Waals surface area contributed by atoms with E-state index in [0.717, 1.165) is 0 Å². The molecular formula is C10H23O8P. The normalized spacial score (nSPS) is 19.7. The molecule has 8 nitrogen and oxygen atoms in total. The van der Waals surface area contributed by atoms with Crippen molar-refractivity contribution < 1.29 is 39.1 Å². The van der Waals surface area contributed by atoms with Crippen molar-refractivity contribution in [1.29, 1.82) is 0 Å². The van der Waals surface area contributed by atoms with Gasteiger partial charge in [-0.05, 0) is 6.92 Å². The molecule has 0 aliphatic carbocycles. The van der Waals surface area contributed by atoms with Crippen LogP contribution in [0.4, 0.5) is 0 Å². The smallest absolute Gasteiger partial charge is 0.331 e.